The highest BCUT2D eigenvalue weighted by Gasteiger charge is 2.06. The number of aliphatic imine (C=N–C) groups is 2. The molecule has 0 bridgehead atoms. The van der Waals surface area contributed by atoms with Crippen LogP contribution in [0.4, 0.5) is 21.0 Å². The summed E-state index contributed by atoms with van der Waals surface area (Å²) in [6.45, 7) is 0.583. The van der Waals surface area contributed by atoms with Crippen LogP contribution in [0.25, 0.3) is 0 Å². The average Bonchev–Trinajstić information content (AvgIpc) is 2.81. The molecule has 172 valence electrons. The zero-order valence-electron chi connectivity index (χ0n) is 17.6. The Morgan fingerprint density at radius 1 is 0.727 bits per heavy atom. The summed E-state index contributed by atoms with van der Waals surface area (Å²) in [4.78, 5) is 50.9. The lowest BCUT2D eigenvalue weighted by Gasteiger charge is -2.09. The van der Waals surface area contributed by atoms with Gasteiger partial charge in [-0.1, -0.05) is 24.3 Å². The van der Waals surface area contributed by atoms with Gasteiger partial charge in [-0.3, -0.25) is 10.6 Å². The number of ether oxygens (including phenoxy) is 3. The van der Waals surface area contributed by atoms with Crippen molar-refractivity contribution in [3.05, 3.63) is 59.7 Å². The van der Waals surface area contributed by atoms with E-state index in [1.807, 2.05) is 0 Å². The Labute approximate surface area is 189 Å². The smallest absolute Gasteiger partial charge is 0.411 e. The first-order valence-corrected chi connectivity index (χ1v) is 9.81. The summed E-state index contributed by atoms with van der Waals surface area (Å²) in [5, 5.41) is 5.11. The van der Waals surface area contributed by atoms with E-state index in [0.29, 0.717) is 11.4 Å². The average molecular weight is 454 g/mol. The number of anilines is 2. The second-order valence-electron chi connectivity index (χ2n) is 6.35. The number of benzene rings is 2. The lowest BCUT2D eigenvalue weighted by molar-refractivity contribution is 0.0512. The molecule has 0 fully saturated rings. The molecule has 11 heteroatoms. The first-order valence-electron chi connectivity index (χ1n) is 9.81. The number of rotatable bonds is 12. The molecule has 2 N–H and O–H groups in total. The lowest BCUT2D eigenvalue weighted by Crippen LogP contribution is -2.19. The summed E-state index contributed by atoms with van der Waals surface area (Å²) in [6.07, 6.45) is 1.59. The monoisotopic (exact) mass is 454 g/mol. The molecule has 0 aliphatic heterocycles. The first kappa shape index (κ1) is 25.0. The molecule has 0 spiro atoms. The van der Waals surface area contributed by atoms with Gasteiger partial charge in [0.05, 0.1) is 26.3 Å². The van der Waals surface area contributed by atoms with Gasteiger partial charge < -0.3 is 14.2 Å². The zero-order chi connectivity index (χ0) is 23.7. The Morgan fingerprint density at radius 3 is 1.61 bits per heavy atom. The fraction of sp³-hybridized carbons (Fsp3) is 0.273. The van der Waals surface area contributed by atoms with Crippen molar-refractivity contribution in [2.45, 2.75) is 13.1 Å². The maximum Gasteiger partial charge on any atom is 0.411 e. The second-order valence-corrected chi connectivity index (χ2v) is 6.35. The number of nitrogens with zero attached hydrogens (tertiary/aromatic N) is 2. The van der Waals surface area contributed by atoms with Crippen molar-refractivity contribution < 1.29 is 33.4 Å². The third-order valence-electron chi connectivity index (χ3n) is 3.92. The fourth-order valence-corrected chi connectivity index (χ4v) is 2.54. The third-order valence-corrected chi connectivity index (χ3v) is 3.92. The number of amides is 2. The lowest BCUT2D eigenvalue weighted by atomic mass is 10.2. The molecule has 2 aromatic rings. The topological polar surface area (TPSA) is 145 Å². The highest BCUT2D eigenvalue weighted by Crippen LogP contribution is 2.12. The zero-order valence-corrected chi connectivity index (χ0v) is 17.6. The molecule has 11 nitrogen and oxygen atoms in total. The Hall–Kier alpha value is -4.30. The van der Waals surface area contributed by atoms with Crippen LogP contribution < -0.4 is 10.6 Å². The van der Waals surface area contributed by atoms with E-state index >= 15 is 0 Å². The largest absolute Gasteiger partial charge is 0.447 e. The van der Waals surface area contributed by atoms with Crippen LogP contribution >= 0.6 is 0 Å². The molecule has 33 heavy (non-hydrogen) atoms. The minimum Gasteiger partial charge on any atom is -0.447 e. The third kappa shape index (κ3) is 10.5. The van der Waals surface area contributed by atoms with Crippen LogP contribution in [0.2, 0.25) is 0 Å². The Morgan fingerprint density at radius 2 is 1.18 bits per heavy atom. The van der Waals surface area contributed by atoms with Gasteiger partial charge in [0.2, 0.25) is 12.2 Å². The number of carbonyl (C=O) groups excluding carboxylic acids is 4. The Bertz CT molecular complexity index is 949. The maximum absolute atomic E-state index is 11.8. The molecular formula is C22H22N4O7. The van der Waals surface area contributed by atoms with E-state index in [9.17, 15) is 19.2 Å². The van der Waals surface area contributed by atoms with Gasteiger partial charge in [-0.05, 0) is 35.4 Å². The van der Waals surface area contributed by atoms with E-state index in [1.165, 1.54) is 12.2 Å². The molecule has 0 aromatic heterocycles. The van der Waals surface area contributed by atoms with Crippen molar-refractivity contribution in [3.8, 4) is 0 Å². The van der Waals surface area contributed by atoms with Crippen molar-refractivity contribution in [3.63, 3.8) is 0 Å². The summed E-state index contributed by atoms with van der Waals surface area (Å²) < 4.78 is 15.3. The van der Waals surface area contributed by atoms with E-state index in [-0.39, 0.29) is 39.5 Å². The number of carbonyl (C=O) groups is 2. The van der Waals surface area contributed by atoms with Crippen LogP contribution in [0.5, 0.6) is 0 Å². The van der Waals surface area contributed by atoms with Crippen LogP contribution in [-0.4, -0.2) is 50.8 Å². The van der Waals surface area contributed by atoms with E-state index < -0.39 is 12.2 Å². The molecule has 2 amide bonds. The van der Waals surface area contributed by atoms with Crippen LogP contribution in [0.1, 0.15) is 11.1 Å². The van der Waals surface area contributed by atoms with Crippen molar-refractivity contribution in [2.75, 3.05) is 37.1 Å². The van der Waals surface area contributed by atoms with Gasteiger partial charge >= 0.3 is 12.2 Å². The number of isocyanates is 2. The summed E-state index contributed by atoms with van der Waals surface area (Å²) in [5.74, 6) is 0. The van der Waals surface area contributed by atoms with Gasteiger partial charge in [0, 0.05) is 11.4 Å². The van der Waals surface area contributed by atoms with Crippen LogP contribution in [0.3, 0.4) is 0 Å². The highest BCUT2D eigenvalue weighted by molar-refractivity contribution is 5.85. The predicted octanol–water partition coefficient (Wildman–Crippen LogP) is 3.17. The minimum atomic E-state index is -0.661. The van der Waals surface area contributed by atoms with Crippen molar-refractivity contribution in [1.29, 1.82) is 0 Å². The van der Waals surface area contributed by atoms with Crippen molar-refractivity contribution in [1.82, 2.24) is 0 Å². The standard InChI is InChI=1S/C22H22N4O7/c27-15-23-13-17-3-1-5-19(11-17)25-21(29)32-9-7-31-8-10-33-22(30)26-20-6-2-4-18(12-20)14-24-16-28/h1-6,11-12H,7-10,13-14H2,(H,25,29)(H,26,30). The van der Waals surface area contributed by atoms with Crippen LogP contribution in [0, 0.1) is 0 Å². The summed E-state index contributed by atoms with van der Waals surface area (Å²) in [7, 11) is 0. The molecular weight excluding hydrogens is 432 g/mol. The molecule has 0 saturated heterocycles. The molecule has 0 atom stereocenters. The maximum atomic E-state index is 11.8. The second kappa shape index (κ2) is 14.7. The quantitative estimate of drug-likeness (QED) is 0.285. The fourth-order valence-electron chi connectivity index (χ4n) is 2.54. The van der Waals surface area contributed by atoms with Gasteiger partial charge in [0.1, 0.15) is 13.2 Å². The first-order chi connectivity index (χ1) is 16.1. The van der Waals surface area contributed by atoms with E-state index in [1.54, 1.807) is 48.5 Å². The van der Waals surface area contributed by atoms with Gasteiger partial charge in [-0.25, -0.2) is 29.2 Å². The number of hydrogen-bond donors (Lipinski definition) is 2. The number of hydrogen-bond acceptors (Lipinski definition) is 9. The van der Waals surface area contributed by atoms with E-state index in [0.717, 1.165) is 11.1 Å². The van der Waals surface area contributed by atoms with Gasteiger partial charge in [-0.2, -0.15) is 0 Å². The summed E-state index contributed by atoms with van der Waals surface area (Å²) in [5.41, 5.74) is 2.48. The van der Waals surface area contributed by atoms with Gasteiger partial charge in [0.25, 0.3) is 0 Å². The highest BCUT2D eigenvalue weighted by atomic mass is 16.6. The van der Waals surface area contributed by atoms with Crippen molar-refractivity contribution in [2.24, 2.45) is 9.98 Å². The van der Waals surface area contributed by atoms with E-state index in [2.05, 4.69) is 20.6 Å². The summed E-state index contributed by atoms with van der Waals surface area (Å²) >= 11 is 0. The molecule has 0 aliphatic rings. The molecule has 2 rings (SSSR count). The minimum absolute atomic E-state index is 0.00319. The Kier molecular flexibility index (Phi) is 11.1. The van der Waals surface area contributed by atoms with Gasteiger partial charge in [-0.15, -0.1) is 0 Å². The van der Waals surface area contributed by atoms with Crippen molar-refractivity contribution >= 4 is 35.7 Å². The molecule has 0 heterocycles. The Balaban J connectivity index is 1.56. The SMILES string of the molecule is O=C=NCc1cccc(NC(=O)OCCOCCOC(=O)Nc2cccc(CN=C=O)c2)c1. The van der Waals surface area contributed by atoms with Crippen LogP contribution in [0.15, 0.2) is 58.5 Å². The molecule has 0 saturated carbocycles. The van der Waals surface area contributed by atoms with Crippen LogP contribution in [-0.2, 0) is 36.9 Å². The normalized spacial score (nSPS) is 9.70. The molecule has 2 aromatic carbocycles. The summed E-state index contributed by atoms with van der Waals surface area (Å²) in [6, 6.07) is 13.6. The van der Waals surface area contributed by atoms with Gasteiger partial charge in [0.15, 0.2) is 0 Å². The van der Waals surface area contributed by atoms with E-state index in [4.69, 9.17) is 14.2 Å². The molecule has 0 unspecified atom stereocenters. The predicted molar refractivity (Wildman–Crippen MR) is 117 cm³/mol. The number of nitrogens with one attached hydrogen (secondary N) is 2. The molecule has 0 aliphatic carbocycles. The molecule has 0 radical (unpaired) electrons.